The fourth-order valence-corrected chi connectivity index (χ4v) is 5.08. The Labute approximate surface area is 182 Å². The Morgan fingerprint density at radius 1 is 1.03 bits per heavy atom. The highest BCUT2D eigenvalue weighted by Gasteiger charge is 2.42. The number of aromatic amines is 1. The summed E-state index contributed by atoms with van der Waals surface area (Å²) in [6, 6.07) is 17.4. The second-order valence-electron chi connectivity index (χ2n) is 8.82. The molecule has 1 aliphatic heterocycles. The fraction of sp³-hybridized carbons (Fsp3) is 0.250. The van der Waals surface area contributed by atoms with Crippen molar-refractivity contribution in [1.29, 1.82) is 0 Å². The number of nitrogens with one attached hydrogen (secondary N) is 2. The molecule has 5 nitrogen and oxygen atoms in total. The number of nitrogens with zero attached hydrogens (tertiary/aromatic N) is 1. The highest BCUT2D eigenvalue weighted by molar-refractivity contribution is 9.10. The summed E-state index contributed by atoms with van der Waals surface area (Å²) in [5.41, 5.74) is 3.65. The molecular formula is C24H22BrN3O2. The molecule has 2 N–H and O–H groups in total. The van der Waals surface area contributed by atoms with Crippen molar-refractivity contribution in [2.45, 2.75) is 32.6 Å². The van der Waals surface area contributed by atoms with Gasteiger partial charge in [-0.2, -0.15) is 0 Å². The summed E-state index contributed by atoms with van der Waals surface area (Å²) in [7, 11) is 0. The van der Waals surface area contributed by atoms with Crippen molar-refractivity contribution in [1.82, 2.24) is 9.78 Å². The molecule has 1 atom stereocenters. The van der Waals surface area contributed by atoms with E-state index in [4.69, 9.17) is 0 Å². The Morgan fingerprint density at radius 2 is 1.80 bits per heavy atom. The fourth-order valence-electron chi connectivity index (χ4n) is 4.67. The van der Waals surface area contributed by atoms with E-state index in [1.165, 1.54) is 0 Å². The van der Waals surface area contributed by atoms with Crippen LogP contribution >= 0.6 is 15.9 Å². The van der Waals surface area contributed by atoms with E-state index < -0.39 is 5.92 Å². The number of aromatic nitrogens is 2. The van der Waals surface area contributed by atoms with Crippen molar-refractivity contribution in [3.8, 4) is 5.69 Å². The maximum absolute atomic E-state index is 13.5. The first-order valence-electron chi connectivity index (χ1n) is 10.0. The lowest BCUT2D eigenvalue weighted by Gasteiger charge is -2.37. The number of carbonyl (C=O) groups is 1. The van der Waals surface area contributed by atoms with Gasteiger partial charge in [-0.1, -0.05) is 60.1 Å². The van der Waals surface area contributed by atoms with Gasteiger partial charge in [0.25, 0.3) is 5.56 Å². The Bertz CT molecular complexity index is 1250. The summed E-state index contributed by atoms with van der Waals surface area (Å²) < 4.78 is 2.47. The maximum atomic E-state index is 13.5. The van der Waals surface area contributed by atoms with Crippen LogP contribution in [0.25, 0.3) is 5.69 Å². The number of benzene rings is 2. The monoisotopic (exact) mass is 463 g/mol. The first-order chi connectivity index (χ1) is 14.3. The lowest BCUT2D eigenvalue weighted by Crippen LogP contribution is -2.35. The number of halogens is 1. The standard InChI is InChI=1S/C24H22BrN3O2/c1-24(2)12-17-20(18(29)13-24)19(14-7-6-8-15(25)11-14)21-22(26-17)27-28(23(21)30)16-9-4-3-5-10-16/h3-11,19,26-27H,12-13H2,1-2H3. The summed E-state index contributed by atoms with van der Waals surface area (Å²) in [5, 5.41) is 6.64. The van der Waals surface area contributed by atoms with Gasteiger partial charge in [-0.05, 0) is 41.7 Å². The topological polar surface area (TPSA) is 66.9 Å². The van der Waals surface area contributed by atoms with Crippen molar-refractivity contribution in [3.63, 3.8) is 0 Å². The lowest BCUT2D eigenvalue weighted by atomic mass is 9.69. The Kier molecular flexibility index (Phi) is 4.36. The maximum Gasteiger partial charge on any atom is 0.277 e. The van der Waals surface area contributed by atoms with Crippen molar-refractivity contribution >= 4 is 27.5 Å². The van der Waals surface area contributed by atoms with E-state index >= 15 is 0 Å². The van der Waals surface area contributed by atoms with E-state index in [1.54, 1.807) is 4.68 Å². The van der Waals surface area contributed by atoms with E-state index in [1.807, 2.05) is 54.6 Å². The number of hydrogen-bond donors (Lipinski definition) is 2. The molecule has 6 heteroatoms. The van der Waals surface area contributed by atoms with Gasteiger partial charge in [0.2, 0.25) is 0 Å². The predicted octanol–water partition coefficient (Wildman–Crippen LogP) is 5.13. The minimum Gasteiger partial charge on any atom is -0.343 e. The van der Waals surface area contributed by atoms with E-state index in [9.17, 15) is 9.59 Å². The number of Topliss-reactive ketones (excluding diaryl/α,β-unsaturated/α-hetero) is 1. The molecule has 0 fully saturated rings. The molecule has 0 bridgehead atoms. The molecule has 1 aliphatic carbocycles. The van der Waals surface area contributed by atoms with Crippen LogP contribution in [0.4, 0.5) is 5.82 Å². The molecule has 0 spiro atoms. The summed E-state index contributed by atoms with van der Waals surface area (Å²) >= 11 is 3.54. The molecular weight excluding hydrogens is 442 g/mol. The van der Waals surface area contributed by atoms with Crippen LogP contribution in [0.15, 0.2) is 75.1 Å². The summed E-state index contributed by atoms with van der Waals surface area (Å²) in [5.74, 6) is 0.375. The number of ketones is 1. The lowest BCUT2D eigenvalue weighted by molar-refractivity contribution is -0.118. The Morgan fingerprint density at radius 3 is 2.53 bits per heavy atom. The average molecular weight is 464 g/mol. The van der Waals surface area contributed by atoms with E-state index in [0.29, 0.717) is 17.8 Å². The number of carbonyl (C=O) groups excluding carboxylic acids is 1. The Hall–Kier alpha value is -2.86. The van der Waals surface area contributed by atoms with E-state index in [2.05, 4.69) is 40.2 Å². The largest absolute Gasteiger partial charge is 0.343 e. The van der Waals surface area contributed by atoms with Gasteiger partial charge in [0.05, 0.1) is 11.3 Å². The minimum atomic E-state index is -0.397. The number of fused-ring (bicyclic) bond motifs is 1. The molecule has 2 aliphatic rings. The van der Waals surface area contributed by atoms with Gasteiger partial charge in [0, 0.05) is 28.1 Å². The summed E-state index contributed by atoms with van der Waals surface area (Å²) in [6.45, 7) is 4.22. The number of allylic oxidation sites excluding steroid dienone is 2. The minimum absolute atomic E-state index is 0.108. The van der Waals surface area contributed by atoms with Gasteiger partial charge < -0.3 is 5.32 Å². The first kappa shape index (κ1) is 19.1. The van der Waals surface area contributed by atoms with E-state index in [-0.39, 0.29) is 16.8 Å². The second-order valence-corrected chi connectivity index (χ2v) is 9.74. The number of para-hydroxylation sites is 1. The quantitative estimate of drug-likeness (QED) is 0.553. The molecule has 1 aromatic heterocycles. The molecule has 0 amide bonds. The van der Waals surface area contributed by atoms with Gasteiger partial charge in [-0.3, -0.25) is 14.7 Å². The smallest absolute Gasteiger partial charge is 0.277 e. The van der Waals surface area contributed by atoms with Crippen LogP contribution in [-0.2, 0) is 4.79 Å². The summed E-state index contributed by atoms with van der Waals surface area (Å²) in [6.07, 6.45) is 1.24. The zero-order chi connectivity index (χ0) is 21.0. The van der Waals surface area contributed by atoms with Crippen LogP contribution in [0.2, 0.25) is 0 Å². The predicted molar refractivity (Wildman–Crippen MR) is 121 cm³/mol. The molecule has 5 rings (SSSR count). The van der Waals surface area contributed by atoms with Crippen LogP contribution in [0.3, 0.4) is 0 Å². The highest BCUT2D eigenvalue weighted by atomic mass is 79.9. The molecule has 2 heterocycles. The van der Waals surface area contributed by atoms with Crippen molar-refractivity contribution in [2.24, 2.45) is 5.41 Å². The van der Waals surface area contributed by atoms with Gasteiger partial charge in [0.15, 0.2) is 5.78 Å². The van der Waals surface area contributed by atoms with Crippen molar-refractivity contribution in [2.75, 3.05) is 5.32 Å². The van der Waals surface area contributed by atoms with Crippen molar-refractivity contribution in [3.05, 3.63) is 91.8 Å². The van der Waals surface area contributed by atoms with Crippen LogP contribution in [0.5, 0.6) is 0 Å². The summed E-state index contributed by atoms with van der Waals surface area (Å²) in [4.78, 5) is 26.8. The molecule has 2 aromatic carbocycles. The van der Waals surface area contributed by atoms with Crippen LogP contribution in [-0.4, -0.2) is 15.6 Å². The highest BCUT2D eigenvalue weighted by Crippen LogP contribution is 2.48. The number of H-pyrrole nitrogens is 1. The van der Waals surface area contributed by atoms with Crippen LogP contribution < -0.4 is 10.9 Å². The number of rotatable bonds is 2. The van der Waals surface area contributed by atoms with Gasteiger partial charge in [-0.15, -0.1) is 0 Å². The van der Waals surface area contributed by atoms with Crippen LogP contribution in [0.1, 0.15) is 43.7 Å². The van der Waals surface area contributed by atoms with E-state index in [0.717, 1.165) is 33.4 Å². The number of hydrogen-bond acceptors (Lipinski definition) is 3. The number of anilines is 1. The molecule has 0 radical (unpaired) electrons. The normalized spacial score (nSPS) is 19.8. The SMILES string of the molecule is CC1(C)CC(=O)C2=C(C1)Nc1[nH]n(-c3ccccc3)c(=O)c1C2c1cccc(Br)c1. The van der Waals surface area contributed by atoms with Crippen LogP contribution in [0, 0.1) is 5.41 Å². The second kappa shape index (κ2) is 6.84. The third kappa shape index (κ3) is 3.06. The van der Waals surface area contributed by atoms with Crippen molar-refractivity contribution < 1.29 is 4.79 Å². The van der Waals surface area contributed by atoms with Gasteiger partial charge >= 0.3 is 0 Å². The molecule has 0 saturated heterocycles. The third-order valence-electron chi connectivity index (χ3n) is 5.90. The third-order valence-corrected chi connectivity index (χ3v) is 6.39. The molecule has 3 aromatic rings. The first-order valence-corrected chi connectivity index (χ1v) is 10.8. The zero-order valence-electron chi connectivity index (χ0n) is 16.8. The van der Waals surface area contributed by atoms with Gasteiger partial charge in [0.1, 0.15) is 5.82 Å². The zero-order valence-corrected chi connectivity index (χ0v) is 18.4. The average Bonchev–Trinajstić information content (AvgIpc) is 3.02. The molecule has 1 unspecified atom stereocenters. The van der Waals surface area contributed by atoms with Gasteiger partial charge in [-0.25, -0.2) is 4.68 Å². The molecule has 30 heavy (non-hydrogen) atoms. The molecule has 0 saturated carbocycles. The Balaban J connectivity index is 1.76. The molecule has 152 valence electrons.